The Morgan fingerprint density at radius 2 is 1.96 bits per heavy atom. The molecular weight excluding hydrogens is 346 g/mol. The number of benzene rings is 2. The summed E-state index contributed by atoms with van der Waals surface area (Å²) in [7, 11) is 1.55. The largest absolute Gasteiger partial charge is 0.497 e. The van der Waals surface area contributed by atoms with Crippen LogP contribution in [-0.4, -0.2) is 18.3 Å². The van der Waals surface area contributed by atoms with Gasteiger partial charge in [0.15, 0.2) is 0 Å². The summed E-state index contributed by atoms with van der Waals surface area (Å²) in [6.07, 6.45) is 0. The molecule has 0 aliphatic rings. The standard InChI is InChI=1S/C17H14ClN3O4/c1-10-13(18)4-3-5-14(10)19-16(22)15-17(23)25-20-21(15)11-6-8-12(24-2)9-7-11/h3-9H,1-2H3,(H-,19,20,22,23)/p+1. The molecular formula is C17H15ClN3O4+. The van der Waals surface area contributed by atoms with Crippen LogP contribution in [0.2, 0.25) is 5.02 Å². The Kier molecular flexibility index (Phi) is 4.58. The first-order chi connectivity index (χ1) is 12.0. The zero-order valence-corrected chi connectivity index (χ0v) is 14.3. The van der Waals surface area contributed by atoms with Gasteiger partial charge in [-0.1, -0.05) is 17.7 Å². The van der Waals surface area contributed by atoms with Crippen LogP contribution < -0.4 is 20.4 Å². The Labute approximate surface area is 147 Å². The molecule has 2 N–H and O–H groups in total. The summed E-state index contributed by atoms with van der Waals surface area (Å²) in [6.45, 7) is 1.77. The van der Waals surface area contributed by atoms with Crippen molar-refractivity contribution in [2.75, 3.05) is 12.4 Å². The molecule has 0 radical (unpaired) electrons. The molecule has 0 spiro atoms. The third-order valence-corrected chi connectivity index (χ3v) is 4.12. The fourth-order valence-electron chi connectivity index (χ4n) is 2.30. The fraction of sp³-hybridized carbons (Fsp3) is 0.118. The van der Waals surface area contributed by atoms with E-state index >= 15 is 0 Å². The second kappa shape index (κ2) is 6.82. The number of nitrogens with zero attached hydrogens (tertiary/aromatic N) is 1. The van der Waals surface area contributed by atoms with Crippen LogP contribution in [-0.2, 0) is 0 Å². The first-order valence-electron chi connectivity index (χ1n) is 7.35. The molecule has 128 valence electrons. The van der Waals surface area contributed by atoms with Gasteiger partial charge in [-0.2, -0.15) is 0 Å². The highest BCUT2D eigenvalue weighted by molar-refractivity contribution is 6.31. The predicted molar refractivity (Wildman–Crippen MR) is 91.6 cm³/mol. The number of rotatable bonds is 4. The van der Waals surface area contributed by atoms with E-state index in [0.717, 1.165) is 0 Å². The van der Waals surface area contributed by atoms with E-state index in [1.165, 1.54) is 4.68 Å². The molecule has 1 heterocycles. The van der Waals surface area contributed by atoms with E-state index in [2.05, 4.69) is 10.6 Å². The van der Waals surface area contributed by atoms with Crippen LogP contribution >= 0.6 is 11.6 Å². The molecule has 1 aromatic heterocycles. The van der Waals surface area contributed by atoms with Crippen molar-refractivity contribution < 1.29 is 18.7 Å². The van der Waals surface area contributed by atoms with Crippen molar-refractivity contribution in [1.29, 1.82) is 0 Å². The molecule has 0 saturated carbocycles. The highest BCUT2D eigenvalue weighted by atomic mass is 35.5. The van der Waals surface area contributed by atoms with Crippen molar-refractivity contribution in [1.82, 2.24) is 5.27 Å². The van der Waals surface area contributed by atoms with Crippen molar-refractivity contribution in [3.63, 3.8) is 0 Å². The summed E-state index contributed by atoms with van der Waals surface area (Å²) in [6, 6.07) is 11.9. The Hall–Kier alpha value is -3.06. The average molecular weight is 361 g/mol. The molecule has 0 aliphatic heterocycles. The third-order valence-electron chi connectivity index (χ3n) is 3.71. The lowest BCUT2D eigenvalue weighted by Crippen LogP contribution is -2.42. The monoisotopic (exact) mass is 360 g/mol. The Balaban J connectivity index is 1.97. The highest BCUT2D eigenvalue weighted by Crippen LogP contribution is 2.23. The SMILES string of the molecule is COc1ccc(-[n+]2[nH]oc(=O)c2C(=O)Nc2cccc(Cl)c2C)cc1. The first-order valence-corrected chi connectivity index (χ1v) is 7.73. The van der Waals surface area contributed by atoms with Crippen molar-refractivity contribution in [3.8, 4) is 11.4 Å². The lowest BCUT2D eigenvalue weighted by molar-refractivity contribution is -0.672. The summed E-state index contributed by atoms with van der Waals surface area (Å²) in [5.74, 6) is 0.0342. The summed E-state index contributed by atoms with van der Waals surface area (Å²) < 4.78 is 11.1. The summed E-state index contributed by atoms with van der Waals surface area (Å²) >= 11 is 6.05. The number of nitrogens with one attached hydrogen (secondary N) is 2. The molecule has 0 unspecified atom stereocenters. The maximum absolute atomic E-state index is 12.6. The van der Waals surface area contributed by atoms with E-state index in [9.17, 15) is 9.59 Å². The van der Waals surface area contributed by atoms with Gasteiger partial charge in [0, 0.05) is 22.8 Å². The molecule has 1 amide bonds. The number of aromatic nitrogens is 2. The smallest absolute Gasteiger partial charge is 0.441 e. The van der Waals surface area contributed by atoms with Crippen molar-refractivity contribution in [2.45, 2.75) is 6.92 Å². The second-order valence-corrected chi connectivity index (χ2v) is 5.64. The number of H-pyrrole nitrogens is 1. The van der Waals surface area contributed by atoms with Gasteiger partial charge in [0.25, 0.3) is 0 Å². The number of ether oxygens (including phenoxy) is 1. The molecule has 7 nitrogen and oxygen atoms in total. The molecule has 0 atom stereocenters. The average Bonchev–Trinajstić information content (AvgIpc) is 3.00. The van der Waals surface area contributed by atoms with Gasteiger partial charge < -0.3 is 10.1 Å². The van der Waals surface area contributed by atoms with E-state index in [1.54, 1.807) is 56.5 Å². The number of methoxy groups -OCH3 is 1. The lowest BCUT2D eigenvalue weighted by atomic mass is 10.2. The van der Waals surface area contributed by atoms with Gasteiger partial charge in [-0.25, -0.2) is 4.79 Å². The van der Waals surface area contributed by atoms with Crippen molar-refractivity contribution in [2.24, 2.45) is 0 Å². The maximum Gasteiger partial charge on any atom is 0.441 e. The third kappa shape index (κ3) is 3.27. The van der Waals surface area contributed by atoms with Crippen LogP contribution in [0, 0.1) is 6.92 Å². The van der Waals surface area contributed by atoms with Gasteiger partial charge in [0.2, 0.25) is 5.69 Å². The highest BCUT2D eigenvalue weighted by Gasteiger charge is 2.31. The molecule has 8 heteroatoms. The van der Waals surface area contributed by atoms with Gasteiger partial charge in [0.1, 0.15) is 5.75 Å². The van der Waals surface area contributed by atoms with E-state index in [0.29, 0.717) is 27.7 Å². The predicted octanol–water partition coefficient (Wildman–Crippen LogP) is 2.47. The van der Waals surface area contributed by atoms with Crippen molar-refractivity contribution >= 4 is 23.2 Å². The van der Waals surface area contributed by atoms with Crippen LogP contribution in [0.15, 0.2) is 51.8 Å². The molecule has 0 saturated heterocycles. The van der Waals surface area contributed by atoms with Gasteiger partial charge in [-0.05, 0) is 46.7 Å². The number of hydrogen-bond donors (Lipinski definition) is 2. The number of amides is 1. The lowest BCUT2D eigenvalue weighted by Gasteiger charge is -2.07. The minimum Gasteiger partial charge on any atom is -0.497 e. The number of anilines is 1. The normalized spacial score (nSPS) is 10.5. The minimum absolute atomic E-state index is 0.190. The summed E-state index contributed by atoms with van der Waals surface area (Å²) in [4.78, 5) is 24.6. The molecule has 0 aliphatic carbocycles. The van der Waals surface area contributed by atoms with Gasteiger partial charge in [-0.3, -0.25) is 9.32 Å². The zero-order chi connectivity index (χ0) is 18.0. The molecule has 3 aromatic rings. The second-order valence-electron chi connectivity index (χ2n) is 5.23. The zero-order valence-electron chi connectivity index (χ0n) is 13.5. The quantitative estimate of drug-likeness (QED) is 0.699. The van der Waals surface area contributed by atoms with Gasteiger partial charge >= 0.3 is 17.2 Å². The van der Waals surface area contributed by atoms with Crippen LogP contribution in [0.3, 0.4) is 0 Å². The van der Waals surface area contributed by atoms with E-state index < -0.39 is 11.5 Å². The molecule has 0 bridgehead atoms. The number of aromatic amines is 1. The molecule has 25 heavy (non-hydrogen) atoms. The Morgan fingerprint density at radius 3 is 2.64 bits per heavy atom. The molecule has 2 aromatic carbocycles. The van der Waals surface area contributed by atoms with E-state index in [-0.39, 0.29) is 5.69 Å². The fourth-order valence-corrected chi connectivity index (χ4v) is 2.48. The number of carbonyl (C=O) groups is 1. The molecule has 0 fully saturated rings. The Morgan fingerprint density at radius 1 is 1.24 bits per heavy atom. The number of carbonyl (C=O) groups excluding carboxylic acids is 1. The van der Waals surface area contributed by atoms with Crippen LogP contribution in [0.5, 0.6) is 5.75 Å². The minimum atomic E-state index is -0.784. The van der Waals surface area contributed by atoms with Crippen LogP contribution in [0.1, 0.15) is 16.1 Å². The summed E-state index contributed by atoms with van der Waals surface area (Å²) in [5.41, 5.74) is 0.782. The number of halogens is 1. The summed E-state index contributed by atoms with van der Waals surface area (Å²) in [5, 5.41) is 5.62. The van der Waals surface area contributed by atoms with Gasteiger partial charge in [-0.15, -0.1) is 0 Å². The first kappa shape index (κ1) is 16.8. The van der Waals surface area contributed by atoms with E-state index in [1.807, 2.05) is 0 Å². The molecule has 3 rings (SSSR count). The van der Waals surface area contributed by atoms with Crippen LogP contribution in [0.25, 0.3) is 5.69 Å². The van der Waals surface area contributed by atoms with E-state index in [4.69, 9.17) is 20.9 Å². The van der Waals surface area contributed by atoms with Crippen LogP contribution in [0.4, 0.5) is 5.69 Å². The maximum atomic E-state index is 12.6. The topological polar surface area (TPSA) is 88.2 Å². The Bertz CT molecular complexity index is 976. The van der Waals surface area contributed by atoms with Crippen molar-refractivity contribution in [3.05, 3.63) is 69.2 Å². The number of hydrogen-bond acceptors (Lipinski definition) is 4. The van der Waals surface area contributed by atoms with Gasteiger partial charge in [0.05, 0.1) is 7.11 Å².